The summed E-state index contributed by atoms with van der Waals surface area (Å²) in [7, 11) is 2.33. The third-order valence-electron chi connectivity index (χ3n) is 4.58. The van der Waals surface area contributed by atoms with E-state index >= 15 is 0 Å². The number of ether oxygens (including phenoxy) is 3. The van der Waals surface area contributed by atoms with E-state index in [1.165, 1.54) is 13.2 Å². The minimum Gasteiger partial charge on any atom is -0.469 e. The van der Waals surface area contributed by atoms with Gasteiger partial charge in [0.1, 0.15) is 18.0 Å². The first kappa shape index (κ1) is 24.0. The van der Waals surface area contributed by atoms with E-state index in [9.17, 15) is 29.0 Å². The van der Waals surface area contributed by atoms with Crippen molar-refractivity contribution >= 4 is 17.8 Å². The van der Waals surface area contributed by atoms with Gasteiger partial charge in [-0.25, -0.2) is 14.0 Å². The number of carbonyl (C=O) groups excluding carboxylic acids is 2. The molecule has 3 N–H and O–H groups in total. The third-order valence-corrected chi connectivity index (χ3v) is 4.58. The number of esters is 2. The first-order valence-electron chi connectivity index (χ1n) is 8.90. The van der Waals surface area contributed by atoms with Crippen molar-refractivity contribution in [1.82, 2.24) is 9.55 Å². The van der Waals surface area contributed by atoms with Crippen molar-refractivity contribution in [3.05, 3.63) is 33.2 Å². The minimum atomic E-state index is -2.31. The van der Waals surface area contributed by atoms with Crippen LogP contribution in [0.2, 0.25) is 0 Å². The van der Waals surface area contributed by atoms with Gasteiger partial charge in [0.25, 0.3) is 0 Å². The van der Waals surface area contributed by atoms with E-state index < -0.39 is 54.5 Å². The predicted molar refractivity (Wildman–Crippen MR) is 99.2 cm³/mol. The van der Waals surface area contributed by atoms with Gasteiger partial charge >= 0.3 is 17.6 Å². The number of hydrogen-bond donors (Lipinski definition) is 3. The molecule has 1 saturated heterocycles. The first-order chi connectivity index (χ1) is 14.7. The summed E-state index contributed by atoms with van der Waals surface area (Å²) in [5.41, 5.74) is 5.26. The number of carbonyl (C=O) groups is 2. The summed E-state index contributed by atoms with van der Waals surface area (Å²) in [6.07, 6.45) is -5.05. The van der Waals surface area contributed by atoms with Crippen molar-refractivity contribution in [2.45, 2.75) is 43.1 Å². The van der Waals surface area contributed by atoms with E-state index in [-0.39, 0.29) is 18.7 Å². The number of aliphatic hydroxyl groups excluding tert-OH is 2. The molecule has 1 aliphatic rings. The highest BCUT2D eigenvalue weighted by Crippen LogP contribution is 2.39. The number of rotatable bonds is 9. The van der Waals surface area contributed by atoms with Crippen LogP contribution in [-0.2, 0) is 23.8 Å². The molecule has 1 fully saturated rings. The van der Waals surface area contributed by atoms with Crippen LogP contribution in [0.1, 0.15) is 19.1 Å². The van der Waals surface area contributed by atoms with Crippen molar-refractivity contribution in [2.24, 2.45) is 5.11 Å². The Bertz CT molecular complexity index is 922. The van der Waals surface area contributed by atoms with E-state index in [2.05, 4.69) is 29.8 Å². The fourth-order valence-electron chi connectivity index (χ4n) is 2.90. The summed E-state index contributed by atoms with van der Waals surface area (Å²) in [4.78, 5) is 41.7. The number of anilines is 1. The van der Waals surface area contributed by atoms with Crippen molar-refractivity contribution in [1.29, 1.82) is 0 Å². The number of azide groups is 1. The number of nitrogens with one attached hydrogen (secondary N) is 1. The normalized spacial score (nSPS) is 25.9. The average molecular weight is 444 g/mol. The van der Waals surface area contributed by atoms with Crippen molar-refractivity contribution in [2.75, 3.05) is 26.1 Å². The van der Waals surface area contributed by atoms with Gasteiger partial charge in [-0.2, -0.15) is 4.98 Å². The molecular weight excluding hydrogens is 423 g/mol. The number of halogens is 1. The Hall–Kier alpha value is -3.26. The Morgan fingerprint density at radius 1 is 1.52 bits per heavy atom. The average Bonchev–Trinajstić information content (AvgIpc) is 3.01. The maximum atomic E-state index is 14.5. The number of aliphatic hydroxyl groups is 2. The zero-order valence-corrected chi connectivity index (χ0v) is 16.5. The SMILES string of the molecule is COC(=O)CC[C@H](Nc1ccn([C@@H]2OC(CO)(N=[N+]=[N-])[C@@H](O)[C@@H]2F)c(=O)n1)C(=O)OC. The molecule has 14 nitrogen and oxygen atoms in total. The van der Waals surface area contributed by atoms with E-state index in [1.807, 2.05) is 0 Å². The summed E-state index contributed by atoms with van der Waals surface area (Å²) >= 11 is 0. The van der Waals surface area contributed by atoms with Crippen LogP contribution < -0.4 is 11.0 Å². The van der Waals surface area contributed by atoms with E-state index in [1.54, 1.807) is 0 Å². The quantitative estimate of drug-likeness (QED) is 0.191. The van der Waals surface area contributed by atoms with Gasteiger partial charge in [0, 0.05) is 17.5 Å². The van der Waals surface area contributed by atoms with Crippen LogP contribution in [0.5, 0.6) is 0 Å². The Morgan fingerprint density at radius 2 is 2.23 bits per heavy atom. The fraction of sp³-hybridized carbons (Fsp3) is 0.625. The molecule has 31 heavy (non-hydrogen) atoms. The highest BCUT2D eigenvalue weighted by atomic mass is 19.1. The van der Waals surface area contributed by atoms with Crippen LogP contribution >= 0.6 is 0 Å². The second-order valence-electron chi connectivity index (χ2n) is 6.43. The van der Waals surface area contributed by atoms with Crippen molar-refractivity contribution < 1.29 is 38.4 Å². The van der Waals surface area contributed by atoms with Gasteiger partial charge in [-0.1, -0.05) is 5.11 Å². The van der Waals surface area contributed by atoms with E-state index in [0.29, 0.717) is 4.57 Å². The number of alkyl halides is 1. The molecule has 2 heterocycles. The highest BCUT2D eigenvalue weighted by Gasteiger charge is 2.56. The molecule has 5 atom stereocenters. The van der Waals surface area contributed by atoms with Crippen LogP contribution in [0.3, 0.4) is 0 Å². The van der Waals surface area contributed by atoms with Gasteiger partial charge in [0.2, 0.25) is 5.72 Å². The second kappa shape index (κ2) is 10.2. The van der Waals surface area contributed by atoms with Gasteiger partial charge in [-0.3, -0.25) is 9.36 Å². The van der Waals surface area contributed by atoms with Crippen LogP contribution in [0.4, 0.5) is 10.2 Å². The lowest BCUT2D eigenvalue weighted by atomic mass is 10.1. The van der Waals surface area contributed by atoms with Crippen LogP contribution in [-0.4, -0.2) is 76.6 Å². The highest BCUT2D eigenvalue weighted by molar-refractivity contribution is 5.80. The number of nitrogens with zero attached hydrogens (tertiary/aromatic N) is 5. The van der Waals surface area contributed by atoms with Gasteiger partial charge in [0.05, 0.1) is 20.8 Å². The summed E-state index contributed by atoms with van der Waals surface area (Å²) < 4.78 is 29.6. The predicted octanol–water partition coefficient (Wildman–Crippen LogP) is -0.623. The molecule has 0 spiro atoms. The molecule has 0 radical (unpaired) electrons. The molecule has 0 amide bonds. The molecule has 0 bridgehead atoms. The molecule has 0 aliphatic carbocycles. The third kappa shape index (κ3) is 5.08. The molecule has 1 aromatic heterocycles. The molecule has 1 unspecified atom stereocenters. The maximum Gasteiger partial charge on any atom is 0.351 e. The van der Waals surface area contributed by atoms with Gasteiger partial charge in [-0.05, 0) is 18.0 Å². The van der Waals surface area contributed by atoms with Gasteiger partial charge in [0.15, 0.2) is 12.4 Å². The second-order valence-corrected chi connectivity index (χ2v) is 6.43. The summed E-state index contributed by atoms with van der Waals surface area (Å²) in [5.74, 6) is -1.36. The molecular formula is C16H21FN6O8. The molecule has 0 saturated carbocycles. The minimum absolute atomic E-state index is 0.0141. The van der Waals surface area contributed by atoms with Gasteiger partial charge in [-0.15, -0.1) is 0 Å². The van der Waals surface area contributed by atoms with Crippen molar-refractivity contribution in [3.63, 3.8) is 0 Å². The molecule has 1 aliphatic heterocycles. The van der Waals surface area contributed by atoms with E-state index in [0.717, 1.165) is 13.3 Å². The first-order valence-corrected chi connectivity index (χ1v) is 8.90. The monoisotopic (exact) mass is 444 g/mol. The Kier molecular flexibility index (Phi) is 7.88. The fourth-order valence-corrected chi connectivity index (χ4v) is 2.90. The lowest BCUT2D eigenvalue weighted by Gasteiger charge is -2.23. The summed E-state index contributed by atoms with van der Waals surface area (Å²) in [6.45, 7) is -1.03. The lowest BCUT2D eigenvalue weighted by Crippen LogP contribution is -2.43. The number of methoxy groups -OCH3 is 2. The molecule has 170 valence electrons. The number of aromatic nitrogens is 2. The summed E-state index contributed by atoms with van der Waals surface area (Å²) in [5, 5.41) is 25.1. The Balaban J connectivity index is 2.24. The summed E-state index contributed by atoms with van der Waals surface area (Å²) in [6, 6.07) is 0.182. The lowest BCUT2D eigenvalue weighted by molar-refractivity contribution is -0.143. The van der Waals surface area contributed by atoms with E-state index in [4.69, 9.17) is 10.3 Å². The van der Waals surface area contributed by atoms with Crippen LogP contribution in [0.25, 0.3) is 10.4 Å². The molecule has 15 heteroatoms. The van der Waals surface area contributed by atoms with Crippen LogP contribution in [0, 0.1) is 0 Å². The van der Waals surface area contributed by atoms with Crippen molar-refractivity contribution in [3.8, 4) is 0 Å². The van der Waals surface area contributed by atoms with Gasteiger partial charge < -0.3 is 29.7 Å². The number of hydrogen-bond acceptors (Lipinski definition) is 11. The Morgan fingerprint density at radius 3 is 2.77 bits per heavy atom. The standard InChI is InChI=1S/C16H21FN6O8/c1-29-10(25)4-3-8(14(27)30-2)19-9-5-6-23(15(28)20-9)13-11(17)12(26)16(7-24,31-13)21-22-18/h5-6,8,11-13,24,26H,3-4,7H2,1-2H3,(H,19,20,28)/t8-,11-,12-,13+,16?/m0/s1. The molecule has 0 aromatic carbocycles. The topological polar surface area (TPSA) is 198 Å². The zero-order valence-electron chi connectivity index (χ0n) is 16.5. The molecule has 2 rings (SSSR count). The smallest absolute Gasteiger partial charge is 0.351 e. The Labute approximate surface area is 174 Å². The zero-order chi connectivity index (χ0) is 23.2. The largest absolute Gasteiger partial charge is 0.469 e. The molecule has 1 aromatic rings. The maximum absolute atomic E-state index is 14.5. The van der Waals surface area contributed by atoms with Crippen LogP contribution in [0.15, 0.2) is 22.2 Å².